The number of hydrogen-bond donors (Lipinski definition) is 0. The van der Waals surface area contributed by atoms with Crippen LogP contribution in [-0.4, -0.2) is 45.1 Å². The van der Waals surface area contributed by atoms with Gasteiger partial charge in [0.05, 0.1) is 50.3 Å². The second kappa shape index (κ2) is 11.6. The summed E-state index contributed by atoms with van der Waals surface area (Å²) >= 11 is 1.24. The highest BCUT2D eigenvalue weighted by Crippen LogP contribution is 2.40. The fraction of sp³-hybridized carbons (Fsp3) is 0.321. The zero-order chi connectivity index (χ0) is 27.4. The maximum Gasteiger partial charge on any atom is 0.338 e. The Balaban J connectivity index is 1.99. The lowest BCUT2D eigenvalue weighted by molar-refractivity contribution is -0.139. The summed E-state index contributed by atoms with van der Waals surface area (Å²) in [5.41, 5.74) is 1.79. The fourth-order valence-corrected chi connectivity index (χ4v) is 5.43. The lowest BCUT2D eigenvalue weighted by Crippen LogP contribution is -2.40. The van der Waals surface area contributed by atoms with Gasteiger partial charge in [-0.1, -0.05) is 29.5 Å². The number of benzene rings is 2. The fourth-order valence-electron chi connectivity index (χ4n) is 4.39. The number of hydrogen-bond acceptors (Lipinski definition) is 9. The summed E-state index contributed by atoms with van der Waals surface area (Å²) in [6, 6.07) is 9.97. The number of nitrogens with zero attached hydrogens (tertiary/aromatic N) is 2. The minimum Gasteiger partial charge on any atom is -0.493 e. The molecular formula is C28H30N2O7S. The molecule has 0 saturated carbocycles. The molecule has 0 aliphatic carbocycles. The third-order valence-corrected chi connectivity index (χ3v) is 7.02. The molecule has 3 aromatic rings. The molecule has 2 heterocycles. The molecule has 0 N–H and O–H groups in total. The Morgan fingerprint density at radius 2 is 1.76 bits per heavy atom. The van der Waals surface area contributed by atoms with Crippen LogP contribution in [-0.2, 0) is 9.53 Å². The van der Waals surface area contributed by atoms with Crippen molar-refractivity contribution >= 4 is 23.4 Å². The highest BCUT2D eigenvalue weighted by molar-refractivity contribution is 7.07. The first-order valence-corrected chi connectivity index (χ1v) is 12.9. The van der Waals surface area contributed by atoms with Crippen LogP contribution < -0.4 is 33.8 Å². The third kappa shape index (κ3) is 4.91. The normalized spacial score (nSPS) is 15.0. The Morgan fingerprint density at radius 1 is 1.03 bits per heavy atom. The molecule has 0 spiro atoms. The van der Waals surface area contributed by atoms with Crippen LogP contribution in [0.25, 0.3) is 6.08 Å². The lowest BCUT2D eigenvalue weighted by Gasteiger charge is -2.26. The average Bonchev–Trinajstić information content (AvgIpc) is 3.22. The van der Waals surface area contributed by atoms with Crippen molar-refractivity contribution in [1.29, 1.82) is 0 Å². The van der Waals surface area contributed by atoms with Gasteiger partial charge in [0, 0.05) is 5.56 Å². The van der Waals surface area contributed by atoms with Gasteiger partial charge in [-0.2, -0.15) is 0 Å². The SMILES string of the molecule is CCOC(=O)C1=C(C)N=c2s/c(=C/c3ccc(OC)c(OC)c3)c(=O)n2[C@H]1c1cccc(OC)c1OCC. The summed E-state index contributed by atoms with van der Waals surface area (Å²) in [6.45, 7) is 5.88. The number of esters is 1. The zero-order valence-electron chi connectivity index (χ0n) is 22.2. The van der Waals surface area contributed by atoms with E-state index < -0.39 is 12.0 Å². The smallest absolute Gasteiger partial charge is 0.338 e. The minimum absolute atomic E-state index is 0.183. The monoisotopic (exact) mass is 538 g/mol. The summed E-state index contributed by atoms with van der Waals surface area (Å²) in [6.07, 6.45) is 1.77. The van der Waals surface area contributed by atoms with Crippen LogP contribution in [0, 0.1) is 0 Å². The molecule has 38 heavy (non-hydrogen) atoms. The van der Waals surface area contributed by atoms with Gasteiger partial charge in [-0.15, -0.1) is 0 Å². The number of rotatable bonds is 9. The van der Waals surface area contributed by atoms with Gasteiger partial charge in [0.1, 0.15) is 6.04 Å². The van der Waals surface area contributed by atoms with Gasteiger partial charge in [-0.05, 0) is 50.6 Å². The second-order valence-corrected chi connectivity index (χ2v) is 9.24. The molecule has 10 heteroatoms. The average molecular weight is 539 g/mol. The van der Waals surface area contributed by atoms with E-state index in [0.717, 1.165) is 5.56 Å². The first-order valence-electron chi connectivity index (χ1n) is 12.1. The van der Waals surface area contributed by atoms with Gasteiger partial charge in [-0.3, -0.25) is 9.36 Å². The number of carbonyl (C=O) groups excluding carboxylic acids is 1. The Labute approximate surface area is 224 Å². The largest absolute Gasteiger partial charge is 0.493 e. The summed E-state index contributed by atoms with van der Waals surface area (Å²) in [5.74, 6) is 1.54. The number of methoxy groups -OCH3 is 3. The van der Waals surface area contributed by atoms with Crippen molar-refractivity contribution in [3.05, 3.63) is 78.5 Å². The molecule has 1 atom stereocenters. The number of aromatic nitrogens is 1. The highest BCUT2D eigenvalue weighted by atomic mass is 32.1. The van der Waals surface area contributed by atoms with Gasteiger partial charge in [-0.25, -0.2) is 9.79 Å². The maximum absolute atomic E-state index is 13.9. The van der Waals surface area contributed by atoms with Crippen LogP contribution in [0.5, 0.6) is 23.0 Å². The van der Waals surface area contributed by atoms with Crippen molar-refractivity contribution in [2.45, 2.75) is 26.8 Å². The van der Waals surface area contributed by atoms with Gasteiger partial charge in [0.2, 0.25) is 0 Å². The predicted molar refractivity (Wildman–Crippen MR) is 144 cm³/mol. The lowest BCUT2D eigenvalue weighted by atomic mass is 9.94. The van der Waals surface area contributed by atoms with E-state index in [1.165, 1.54) is 15.9 Å². The molecule has 1 aliphatic rings. The zero-order valence-corrected chi connectivity index (χ0v) is 23.0. The Kier molecular flexibility index (Phi) is 8.21. The standard InChI is InChI=1S/C28H30N2O7S/c1-7-36-25-18(10-9-11-20(25)34-5)24-23(27(32)37-8-2)16(3)29-28-30(24)26(31)22(38-28)15-17-12-13-19(33-4)21(14-17)35-6/h9-15,24H,7-8H2,1-6H3/b22-15+/t24-/m0/s1. The van der Waals surface area contributed by atoms with E-state index in [2.05, 4.69) is 4.99 Å². The van der Waals surface area contributed by atoms with E-state index in [9.17, 15) is 9.59 Å². The van der Waals surface area contributed by atoms with E-state index in [1.54, 1.807) is 65.5 Å². The summed E-state index contributed by atoms with van der Waals surface area (Å²) in [5, 5.41) is 0. The Bertz CT molecular complexity index is 1570. The molecule has 0 amide bonds. The third-order valence-electron chi connectivity index (χ3n) is 6.03. The first-order chi connectivity index (χ1) is 18.4. The molecule has 0 radical (unpaired) electrons. The van der Waals surface area contributed by atoms with Crippen LogP contribution in [0.15, 0.2) is 57.5 Å². The molecule has 1 aliphatic heterocycles. The maximum atomic E-state index is 13.9. The van der Waals surface area contributed by atoms with Crippen molar-refractivity contribution in [1.82, 2.24) is 4.57 Å². The second-order valence-electron chi connectivity index (χ2n) is 8.23. The summed E-state index contributed by atoms with van der Waals surface area (Å²) in [4.78, 5) is 32.2. The van der Waals surface area contributed by atoms with Gasteiger partial charge in [0.15, 0.2) is 27.8 Å². The van der Waals surface area contributed by atoms with Crippen LogP contribution in [0.4, 0.5) is 0 Å². The molecule has 9 nitrogen and oxygen atoms in total. The molecule has 200 valence electrons. The van der Waals surface area contributed by atoms with Crippen molar-refractivity contribution in [3.8, 4) is 23.0 Å². The van der Waals surface area contributed by atoms with Crippen molar-refractivity contribution in [2.75, 3.05) is 34.5 Å². The quantitative estimate of drug-likeness (QED) is 0.386. The number of ether oxygens (including phenoxy) is 5. The first kappa shape index (κ1) is 27.0. The molecule has 2 aromatic carbocycles. The topological polar surface area (TPSA) is 97.6 Å². The van der Waals surface area contributed by atoms with E-state index in [4.69, 9.17) is 23.7 Å². The van der Waals surface area contributed by atoms with Gasteiger partial charge in [0.25, 0.3) is 5.56 Å². The highest BCUT2D eigenvalue weighted by Gasteiger charge is 2.36. The molecule has 4 rings (SSSR count). The number of allylic oxidation sites excluding steroid dienone is 1. The minimum atomic E-state index is -0.825. The van der Waals surface area contributed by atoms with Crippen LogP contribution in [0.3, 0.4) is 0 Å². The molecule has 0 unspecified atom stereocenters. The molecule has 0 bridgehead atoms. The molecular weight excluding hydrogens is 508 g/mol. The number of thiazole rings is 1. The summed E-state index contributed by atoms with van der Waals surface area (Å²) in [7, 11) is 4.66. The van der Waals surface area contributed by atoms with Crippen molar-refractivity contribution in [3.63, 3.8) is 0 Å². The van der Waals surface area contributed by atoms with Crippen LogP contribution in [0.2, 0.25) is 0 Å². The number of para-hydroxylation sites is 1. The van der Waals surface area contributed by atoms with E-state index in [0.29, 0.717) is 50.2 Å². The van der Waals surface area contributed by atoms with Gasteiger partial charge >= 0.3 is 5.97 Å². The van der Waals surface area contributed by atoms with Crippen molar-refractivity contribution in [2.24, 2.45) is 4.99 Å². The van der Waals surface area contributed by atoms with Gasteiger partial charge < -0.3 is 23.7 Å². The van der Waals surface area contributed by atoms with Crippen molar-refractivity contribution < 1.29 is 28.5 Å². The molecule has 1 aromatic heterocycles. The molecule has 0 fully saturated rings. The van der Waals surface area contributed by atoms with Crippen LogP contribution >= 0.6 is 11.3 Å². The predicted octanol–water partition coefficient (Wildman–Crippen LogP) is 3.22. The van der Waals surface area contributed by atoms with E-state index >= 15 is 0 Å². The molecule has 0 saturated heterocycles. The summed E-state index contributed by atoms with van der Waals surface area (Å²) < 4.78 is 29.6. The van der Waals surface area contributed by atoms with Crippen LogP contribution in [0.1, 0.15) is 37.9 Å². The Morgan fingerprint density at radius 3 is 2.42 bits per heavy atom. The Hall–Kier alpha value is -4.05. The van der Waals surface area contributed by atoms with E-state index in [-0.39, 0.29) is 17.7 Å². The number of fused-ring (bicyclic) bond motifs is 1. The number of carbonyl (C=O) groups is 1. The van der Waals surface area contributed by atoms with E-state index in [1.807, 2.05) is 19.1 Å².